The van der Waals surface area contributed by atoms with Crippen molar-refractivity contribution in [2.75, 3.05) is 7.05 Å². The standard InChI is InChI=1S/C18H22N6O/c1-22(13-16-8-9-23(2)21-16)18(25)19-10-14-6-4-5-7-17(14)15-11-20-24(3)12-15/h4-9,11-12H,10,13H2,1-3H3,(H,19,25). The molecule has 0 unspecified atom stereocenters. The highest BCUT2D eigenvalue weighted by molar-refractivity contribution is 5.74. The maximum absolute atomic E-state index is 12.3. The third-order valence-electron chi connectivity index (χ3n) is 3.98. The van der Waals surface area contributed by atoms with Crippen molar-refractivity contribution in [2.24, 2.45) is 14.1 Å². The molecule has 7 heteroatoms. The molecule has 2 aromatic heterocycles. The van der Waals surface area contributed by atoms with Crippen molar-refractivity contribution in [2.45, 2.75) is 13.1 Å². The molecule has 0 bridgehead atoms. The number of aryl methyl sites for hydroxylation is 2. The van der Waals surface area contributed by atoms with Crippen LogP contribution >= 0.6 is 0 Å². The molecule has 0 radical (unpaired) electrons. The largest absolute Gasteiger partial charge is 0.334 e. The summed E-state index contributed by atoms with van der Waals surface area (Å²) in [5.41, 5.74) is 4.02. The predicted molar refractivity (Wildman–Crippen MR) is 95.6 cm³/mol. The topological polar surface area (TPSA) is 68.0 Å². The molecule has 7 nitrogen and oxygen atoms in total. The van der Waals surface area contributed by atoms with E-state index in [0.717, 1.165) is 22.4 Å². The summed E-state index contributed by atoms with van der Waals surface area (Å²) in [5, 5.41) is 11.5. The van der Waals surface area contributed by atoms with Gasteiger partial charge in [0.25, 0.3) is 0 Å². The van der Waals surface area contributed by atoms with Crippen LogP contribution in [0.2, 0.25) is 0 Å². The van der Waals surface area contributed by atoms with Crippen molar-refractivity contribution < 1.29 is 4.79 Å². The number of urea groups is 1. The van der Waals surface area contributed by atoms with Crippen LogP contribution in [0.15, 0.2) is 48.9 Å². The SMILES string of the molecule is CN(Cc1ccn(C)n1)C(=O)NCc1ccccc1-c1cnn(C)c1. The van der Waals surface area contributed by atoms with Crippen molar-refractivity contribution in [3.63, 3.8) is 0 Å². The summed E-state index contributed by atoms with van der Waals surface area (Å²) in [7, 11) is 5.51. The van der Waals surface area contributed by atoms with Crippen LogP contribution in [0.5, 0.6) is 0 Å². The minimum atomic E-state index is -0.133. The summed E-state index contributed by atoms with van der Waals surface area (Å²) >= 11 is 0. The van der Waals surface area contributed by atoms with Crippen LogP contribution in [0, 0.1) is 0 Å². The molecule has 0 saturated heterocycles. The lowest BCUT2D eigenvalue weighted by Gasteiger charge is -2.17. The molecule has 2 heterocycles. The lowest BCUT2D eigenvalue weighted by Crippen LogP contribution is -2.36. The molecule has 0 atom stereocenters. The van der Waals surface area contributed by atoms with E-state index in [-0.39, 0.29) is 6.03 Å². The van der Waals surface area contributed by atoms with Gasteiger partial charge in [0.1, 0.15) is 0 Å². The van der Waals surface area contributed by atoms with Gasteiger partial charge < -0.3 is 10.2 Å². The van der Waals surface area contributed by atoms with Crippen LogP contribution in [0.25, 0.3) is 11.1 Å². The number of carbonyl (C=O) groups is 1. The monoisotopic (exact) mass is 338 g/mol. The Hall–Kier alpha value is -3.09. The van der Waals surface area contributed by atoms with Gasteiger partial charge in [0.15, 0.2) is 0 Å². The second kappa shape index (κ2) is 7.21. The molecule has 25 heavy (non-hydrogen) atoms. The van der Waals surface area contributed by atoms with Gasteiger partial charge in [-0.2, -0.15) is 10.2 Å². The Morgan fingerprint density at radius 3 is 2.68 bits per heavy atom. The Balaban J connectivity index is 1.64. The van der Waals surface area contributed by atoms with Gasteiger partial charge in [0, 0.05) is 45.6 Å². The van der Waals surface area contributed by atoms with Crippen LogP contribution in [-0.2, 0) is 27.2 Å². The number of rotatable bonds is 5. The molecule has 0 aliphatic rings. The van der Waals surface area contributed by atoms with Gasteiger partial charge in [0.2, 0.25) is 0 Å². The van der Waals surface area contributed by atoms with E-state index in [9.17, 15) is 4.79 Å². The van der Waals surface area contributed by atoms with E-state index in [2.05, 4.69) is 15.5 Å². The molecule has 0 aliphatic carbocycles. The first-order valence-electron chi connectivity index (χ1n) is 8.07. The van der Waals surface area contributed by atoms with Crippen LogP contribution < -0.4 is 5.32 Å². The average Bonchev–Trinajstić information content (AvgIpc) is 3.21. The predicted octanol–water partition coefficient (Wildman–Crippen LogP) is 2.16. The van der Waals surface area contributed by atoms with Gasteiger partial charge in [-0.25, -0.2) is 4.79 Å². The number of hydrogen-bond acceptors (Lipinski definition) is 3. The molecule has 0 saturated carbocycles. The van der Waals surface area contributed by atoms with E-state index >= 15 is 0 Å². The Morgan fingerprint density at radius 2 is 2.00 bits per heavy atom. The fourth-order valence-corrected chi connectivity index (χ4v) is 2.68. The molecule has 1 N–H and O–H groups in total. The molecule has 3 aromatic rings. The minimum absolute atomic E-state index is 0.133. The zero-order chi connectivity index (χ0) is 17.8. The Morgan fingerprint density at radius 1 is 1.20 bits per heavy atom. The maximum atomic E-state index is 12.3. The molecular weight excluding hydrogens is 316 g/mol. The summed E-state index contributed by atoms with van der Waals surface area (Å²) < 4.78 is 3.50. The third kappa shape index (κ3) is 4.06. The second-order valence-electron chi connectivity index (χ2n) is 6.06. The molecule has 130 valence electrons. The molecule has 3 rings (SSSR count). The molecule has 0 aliphatic heterocycles. The summed E-state index contributed by atoms with van der Waals surface area (Å²) in [4.78, 5) is 14.0. The van der Waals surface area contributed by atoms with Crippen molar-refractivity contribution in [3.05, 3.63) is 60.2 Å². The Kier molecular flexibility index (Phi) is 4.83. The Labute approximate surface area is 146 Å². The third-order valence-corrected chi connectivity index (χ3v) is 3.98. The summed E-state index contributed by atoms with van der Waals surface area (Å²) in [6.07, 6.45) is 5.66. The Bertz CT molecular complexity index is 866. The zero-order valence-corrected chi connectivity index (χ0v) is 14.7. The number of hydrogen-bond donors (Lipinski definition) is 1. The van der Waals surface area contributed by atoms with E-state index in [4.69, 9.17) is 0 Å². The number of aromatic nitrogens is 4. The lowest BCUT2D eigenvalue weighted by atomic mass is 10.0. The minimum Gasteiger partial charge on any atom is -0.334 e. The first-order valence-corrected chi connectivity index (χ1v) is 8.07. The number of benzene rings is 1. The summed E-state index contributed by atoms with van der Waals surface area (Å²) in [6, 6.07) is 9.78. The van der Waals surface area contributed by atoms with E-state index in [0.29, 0.717) is 13.1 Å². The van der Waals surface area contributed by atoms with Gasteiger partial charge >= 0.3 is 6.03 Å². The van der Waals surface area contributed by atoms with Crippen molar-refractivity contribution >= 4 is 6.03 Å². The normalized spacial score (nSPS) is 10.7. The van der Waals surface area contributed by atoms with Crippen LogP contribution in [0.3, 0.4) is 0 Å². The van der Waals surface area contributed by atoms with Gasteiger partial charge in [-0.15, -0.1) is 0 Å². The van der Waals surface area contributed by atoms with Gasteiger partial charge in [-0.1, -0.05) is 24.3 Å². The van der Waals surface area contributed by atoms with Gasteiger partial charge in [-0.05, 0) is 17.2 Å². The second-order valence-corrected chi connectivity index (χ2v) is 6.06. The quantitative estimate of drug-likeness (QED) is 0.775. The van der Waals surface area contributed by atoms with Crippen LogP contribution in [-0.4, -0.2) is 37.5 Å². The molecule has 0 spiro atoms. The zero-order valence-electron chi connectivity index (χ0n) is 14.7. The molecule has 2 amide bonds. The molecule has 1 aromatic carbocycles. The van der Waals surface area contributed by atoms with E-state index in [1.54, 1.807) is 21.3 Å². The first-order chi connectivity index (χ1) is 12.0. The molecule has 0 fully saturated rings. The van der Waals surface area contributed by atoms with Crippen LogP contribution in [0.1, 0.15) is 11.3 Å². The van der Waals surface area contributed by atoms with E-state index in [1.165, 1.54) is 0 Å². The van der Waals surface area contributed by atoms with E-state index < -0.39 is 0 Å². The van der Waals surface area contributed by atoms with Gasteiger partial charge in [0.05, 0.1) is 18.4 Å². The molecular formula is C18H22N6O. The van der Waals surface area contributed by atoms with Gasteiger partial charge in [-0.3, -0.25) is 9.36 Å². The van der Waals surface area contributed by atoms with Crippen LogP contribution in [0.4, 0.5) is 4.79 Å². The van der Waals surface area contributed by atoms with Crippen molar-refractivity contribution in [1.82, 2.24) is 29.8 Å². The van der Waals surface area contributed by atoms with Crippen molar-refractivity contribution in [1.29, 1.82) is 0 Å². The number of nitrogens with zero attached hydrogens (tertiary/aromatic N) is 5. The van der Waals surface area contributed by atoms with E-state index in [1.807, 2.05) is 63.0 Å². The fourth-order valence-electron chi connectivity index (χ4n) is 2.68. The average molecular weight is 338 g/mol. The first kappa shape index (κ1) is 16.8. The highest BCUT2D eigenvalue weighted by atomic mass is 16.2. The number of amides is 2. The fraction of sp³-hybridized carbons (Fsp3) is 0.278. The lowest BCUT2D eigenvalue weighted by molar-refractivity contribution is 0.206. The summed E-state index contributed by atoms with van der Waals surface area (Å²) in [6.45, 7) is 0.924. The highest BCUT2D eigenvalue weighted by Crippen LogP contribution is 2.22. The number of carbonyl (C=O) groups excluding carboxylic acids is 1. The van der Waals surface area contributed by atoms with Crippen molar-refractivity contribution in [3.8, 4) is 11.1 Å². The number of nitrogens with one attached hydrogen (secondary N) is 1. The highest BCUT2D eigenvalue weighted by Gasteiger charge is 2.12. The summed E-state index contributed by atoms with van der Waals surface area (Å²) in [5.74, 6) is 0. The smallest absolute Gasteiger partial charge is 0.317 e. The maximum Gasteiger partial charge on any atom is 0.317 e.